The minimum absolute atomic E-state index is 0.916. The Labute approximate surface area is 210 Å². The number of nitrogens with zero attached hydrogens (tertiary/aromatic N) is 1. The highest BCUT2D eigenvalue weighted by molar-refractivity contribution is 6.02. The molecular weight excluding hydrogens is 422 g/mol. The Morgan fingerprint density at radius 2 is 1.60 bits per heavy atom. The maximum atomic E-state index is 4.85. The molecule has 3 aromatic carbocycles. The standard InChI is InChI=1S/C34H33N/c1-6-9-11-15-24-35-34-31(27(5)17-12-10-7-2)22-20-29-25-28(21-23-33(29)34)32(16-8-3)30-19-14-13-18-26(30)4/h6-25H,3,5H2,1-2,4H3/b9-6-,10-7-,15-11-,17-12-,32-16-,35-24?. The van der Waals surface area contributed by atoms with Crippen LogP contribution in [-0.2, 0) is 0 Å². The van der Waals surface area contributed by atoms with Crippen molar-refractivity contribution in [1.82, 2.24) is 0 Å². The van der Waals surface area contributed by atoms with Crippen LogP contribution in [0.1, 0.15) is 36.1 Å². The smallest absolute Gasteiger partial charge is 0.0786 e. The van der Waals surface area contributed by atoms with E-state index in [1.807, 2.05) is 74.7 Å². The molecular formula is C34H33N. The van der Waals surface area contributed by atoms with Gasteiger partial charge in [-0.3, -0.25) is 4.99 Å². The number of fused-ring (bicyclic) bond motifs is 1. The average Bonchev–Trinajstić information content (AvgIpc) is 2.87. The highest BCUT2D eigenvalue weighted by Crippen LogP contribution is 2.37. The van der Waals surface area contributed by atoms with Gasteiger partial charge in [-0.15, -0.1) is 0 Å². The lowest BCUT2D eigenvalue weighted by Gasteiger charge is -2.14. The fourth-order valence-electron chi connectivity index (χ4n) is 3.93. The number of rotatable bonds is 9. The summed E-state index contributed by atoms with van der Waals surface area (Å²) < 4.78 is 0. The Hall–Kier alpha value is -4.23. The molecule has 35 heavy (non-hydrogen) atoms. The number of benzene rings is 3. The molecule has 0 unspecified atom stereocenters. The molecule has 174 valence electrons. The summed E-state index contributed by atoms with van der Waals surface area (Å²) >= 11 is 0. The summed E-state index contributed by atoms with van der Waals surface area (Å²) in [4.78, 5) is 4.85. The van der Waals surface area contributed by atoms with E-state index in [2.05, 4.69) is 80.8 Å². The van der Waals surface area contributed by atoms with Crippen LogP contribution in [0.25, 0.3) is 21.9 Å². The first kappa shape index (κ1) is 25.4. The van der Waals surface area contributed by atoms with Gasteiger partial charge in [0.2, 0.25) is 0 Å². The first-order chi connectivity index (χ1) is 17.1. The Bertz CT molecular complexity index is 1390. The maximum Gasteiger partial charge on any atom is 0.0786 e. The maximum absolute atomic E-state index is 4.85. The van der Waals surface area contributed by atoms with Crippen molar-refractivity contribution in [3.05, 3.63) is 151 Å². The molecule has 0 aliphatic carbocycles. The van der Waals surface area contributed by atoms with Crippen molar-refractivity contribution < 1.29 is 0 Å². The van der Waals surface area contributed by atoms with E-state index in [0.29, 0.717) is 0 Å². The first-order valence-electron chi connectivity index (χ1n) is 11.9. The molecule has 0 atom stereocenters. The van der Waals surface area contributed by atoms with Crippen LogP contribution in [0, 0.1) is 6.92 Å². The van der Waals surface area contributed by atoms with Crippen LogP contribution >= 0.6 is 0 Å². The van der Waals surface area contributed by atoms with Gasteiger partial charge in [-0.2, -0.15) is 0 Å². The van der Waals surface area contributed by atoms with E-state index < -0.39 is 0 Å². The van der Waals surface area contributed by atoms with Gasteiger partial charge in [0.15, 0.2) is 0 Å². The fraction of sp³-hybridized carbons (Fsp3) is 0.0882. The van der Waals surface area contributed by atoms with Crippen molar-refractivity contribution in [2.45, 2.75) is 20.8 Å². The third-order valence-corrected chi connectivity index (χ3v) is 5.67. The molecule has 0 amide bonds. The van der Waals surface area contributed by atoms with Gasteiger partial charge in [0.05, 0.1) is 5.69 Å². The predicted octanol–water partition coefficient (Wildman–Crippen LogP) is 9.75. The van der Waals surface area contributed by atoms with Gasteiger partial charge in [0.25, 0.3) is 0 Å². The topological polar surface area (TPSA) is 12.4 Å². The second-order valence-corrected chi connectivity index (χ2v) is 8.13. The molecule has 0 bridgehead atoms. The average molecular weight is 456 g/mol. The summed E-state index contributed by atoms with van der Waals surface area (Å²) in [6.45, 7) is 14.4. The Morgan fingerprint density at radius 1 is 0.829 bits per heavy atom. The Morgan fingerprint density at radius 3 is 2.34 bits per heavy atom. The summed E-state index contributed by atoms with van der Waals surface area (Å²) in [5, 5.41) is 2.22. The second kappa shape index (κ2) is 12.9. The first-order valence-corrected chi connectivity index (χ1v) is 11.9. The highest BCUT2D eigenvalue weighted by atomic mass is 14.7. The minimum Gasteiger partial charge on any atom is -0.256 e. The number of aryl methyl sites for hydroxylation is 1. The molecule has 0 heterocycles. The third kappa shape index (κ3) is 6.43. The molecule has 0 radical (unpaired) electrons. The predicted molar refractivity (Wildman–Crippen MR) is 157 cm³/mol. The van der Waals surface area contributed by atoms with Crippen molar-refractivity contribution in [3.8, 4) is 0 Å². The molecule has 0 spiro atoms. The normalized spacial score (nSPS) is 12.8. The lowest BCUT2D eigenvalue weighted by Crippen LogP contribution is -1.92. The molecule has 0 N–H and O–H groups in total. The van der Waals surface area contributed by atoms with Crippen LogP contribution in [0.15, 0.2) is 134 Å². The summed E-state index contributed by atoms with van der Waals surface area (Å²) in [5.41, 5.74) is 7.60. The van der Waals surface area contributed by atoms with Crippen LogP contribution in [0.2, 0.25) is 0 Å². The molecule has 0 fully saturated rings. The van der Waals surface area contributed by atoms with Crippen LogP contribution < -0.4 is 0 Å². The van der Waals surface area contributed by atoms with Gasteiger partial charge in [0, 0.05) is 17.2 Å². The van der Waals surface area contributed by atoms with E-state index in [1.165, 1.54) is 11.1 Å². The number of aliphatic imine (C=N–C) groups is 1. The van der Waals surface area contributed by atoms with Gasteiger partial charge in [-0.05, 0) is 66.1 Å². The summed E-state index contributed by atoms with van der Waals surface area (Å²) in [6.07, 6.45) is 21.7. The monoisotopic (exact) mass is 455 g/mol. The zero-order chi connectivity index (χ0) is 25.0. The Balaban J connectivity index is 2.17. The number of hydrogen-bond acceptors (Lipinski definition) is 1. The van der Waals surface area contributed by atoms with Crippen LogP contribution in [0.5, 0.6) is 0 Å². The Kier molecular flexibility index (Phi) is 9.33. The van der Waals surface area contributed by atoms with E-state index in [0.717, 1.165) is 38.7 Å². The fourth-order valence-corrected chi connectivity index (χ4v) is 3.93. The van der Waals surface area contributed by atoms with Crippen LogP contribution in [-0.4, -0.2) is 6.21 Å². The van der Waals surface area contributed by atoms with E-state index in [-0.39, 0.29) is 0 Å². The molecule has 0 saturated carbocycles. The van der Waals surface area contributed by atoms with Gasteiger partial charge < -0.3 is 0 Å². The molecule has 0 aliphatic heterocycles. The van der Waals surface area contributed by atoms with Gasteiger partial charge in [-0.25, -0.2) is 0 Å². The van der Waals surface area contributed by atoms with Crippen molar-refractivity contribution in [3.63, 3.8) is 0 Å². The molecule has 3 aromatic rings. The number of allylic oxidation sites excluding steroid dienone is 11. The SMILES string of the molecule is C=C/C=C(/c1ccc2c(N=C/C=C\C=C/C)c(C(=C)/C=C\C=C/C)ccc2c1)c1ccccc1C. The molecule has 1 heteroatoms. The van der Waals surface area contributed by atoms with E-state index in [9.17, 15) is 0 Å². The van der Waals surface area contributed by atoms with Crippen LogP contribution in [0.3, 0.4) is 0 Å². The van der Waals surface area contributed by atoms with Crippen molar-refractivity contribution in [2.24, 2.45) is 4.99 Å². The zero-order valence-electron chi connectivity index (χ0n) is 20.9. The molecule has 1 nitrogen and oxygen atoms in total. The van der Waals surface area contributed by atoms with E-state index >= 15 is 0 Å². The summed E-state index contributed by atoms with van der Waals surface area (Å²) in [5.74, 6) is 0. The minimum atomic E-state index is 0.916. The van der Waals surface area contributed by atoms with Gasteiger partial charge in [-0.1, -0.05) is 116 Å². The molecule has 0 saturated heterocycles. The van der Waals surface area contributed by atoms with Crippen molar-refractivity contribution in [2.75, 3.05) is 0 Å². The third-order valence-electron chi connectivity index (χ3n) is 5.67. The highest BCUT2D eigenvalue weighted by Gasteiger charge is 2.12. The van der Waals surface area contributed by atoms with Gasteiger partial charge in [0.1, 0.15) is 0 Å². The second-order valence-electron chi connectivity index (χ2n) is 8.13. The van der Waals surface area contributed by atoms with Crippen LogP contribution in [0.4, 0.5) is 5.69 Å². The summed E-state index contributed by atoms with van der Waals surface area (Å²) in [6, 6.07) is 19.3. The van der Waals surface area contributed by atoms with E-state index in [1.54, 1.807) is 0 Å². The lowest BCUT2D eigenvalue weighted by molar-refractivity contribution is 1.41. The van der Waals surface area contributed by atoms with Crippen molar-refractivity contribution in [1.29, 1.82) is 0 Å². The zero-order valence-corrected chi connectivity index (χ0v) is 20.9. The molecule has 0 aliphatic rings. The van der Waals surface area contributed by atoms with E-state index in [4.69, 9.17) is 4.99 Å². The van der Waals surface area contributed by atoms with Crippen molar-refractivity contribution >= 4 is 33.8 Å². The summed E-state index contributed by atoms with van der Waals surface area (Å²) in [7, 11) is 0. The number of hydrogen-bond donors (Lipinski definition) is 0. The quantitative estimate of drug-likeness (QED) is 0.225. The largest absolute Gasteiger partial charge is 0.256 e. The van der Waals surface area contributed by atoms with Gasteiger partial charge >= 0.3 is 0 Å². The lowest BCUT2D eigenvalue weighted by atomic mass is 9.91. The molecule has 0 aromatic heterocycles. The molecule has 3 rings (SSSR count).